The molecular formula is C17H23BrN2O. The minimum atomic E-state index is 0.176. The smallest absolute Gasteiger partial charge is 0.223 e. The first kappa shape index (κ1) is 15.0. The summed E-state index contributed by atoms with van der Waals surface area (Å²) in [5.41, 5.74) is 1.57. The van der Waals surface area contributed by atoms with Gasteiger partial charge >= 0.3 is 0 Å². The predicted octanol–water partition coefficient (Wildman–Crippen LogP) is 2.89. The van der Waals surface area contributed by atoms with Crippen LogP contribution in [0.25, 0.3) is 0 Å². The maximum absolute atomic E-state index is 12.4. The van der Waals surface area contributed by atoms with Crippen molar-refractivity contribution >= 4 is 21.8 Å². The Labute approximate surface area is 135 Å². The van der Waals surface area contributed by atoms with Crippen molar-refractivity contribution in [3.63, 3.8) is 0 Å². The molecule has 2 N–H and O–H groups in total. The van der Waals surface area contributed by atoms with Gasteiger partial charge in [0, 0.05) is 16.4 Å². The number of carbonyl (C=O) groups excluding carboxylic acids is 1. The van der Waals surface area contributed by atoms with Crippen LogP contribution in [-0.4, -0.2) is 25.0 Å². The van der Waals surface area contributed by atoms with E-state index in [0.717, 1.165) is 43.2 Å². The van der Waals surface area contributed by atoms with Gasteiger partial charge in [-0.05, 0) is 62.7 Å². The molecule has 2 fully saturated rings. The van der Waals surface area contributed by atoms with E-state index in [1.807, 2.05) is 12.1 Å². The summed E-state index contributed by atoms with van der Waals surface area (Å²) in [6.07, 6.45) is 4.27. The van der Waals surface area contributed by atoms with Crippen molar-refractivity contribution in [1.82, 2.24) is 10.6 Å². The molecule has 1 aliphatic heterocycles. The molecule has 1 aromatic carbocycles. The van der Waals surface area contributed by atoms with Crippen LogP contribution in [0.4, 0.5) is 0 Å². The molecular weight excluding hydrogens is 328 g/mol. The number of amides is 1. The Hall–Kier alpha value is -0.870. The molecule has 3 nitrogen and oxygen atoms in total. The van der Waals surface area contributed by atoms with Crippen molar-refractivity contribution in [3.8, 4) is 0 Å². The molecule has 2 unspecified atom stereocenters. The quantitative estimate of drug-likeness (QED) is 0.876. The number of nitrogens with one attached hydrogen (secondary N) is 2. The zero-order valence-corrected chi connectivity index (χ0v) is 14.1. The van der Waals surface area contributed by atoms with Crippen LogP contribution in [-0.2, 0) is 11.2 Å². The van der Waals surface area contributed by atoms with Gasteiger partial charge in [0.05, 0.1) is 0 Å². The molecule has 1 heterocycles. The zero-order chi connectivity index (χ0) is 14.9. The Morgan fingerprint density at radius 3 is 2.86 bits per heavy atom. The van der Waals surface area contributed by atoms with Crippen LogP contribution >= 0.6 is 15.9 Å². The fraction of sp³-hybridized carbons (Fsp3) is 0.588. The highest BCUT2D eigenvalue weighted by Gasteiger charge is 2.57. The molecule has 1 saturated heterocycles. The van der Waals surface area contributed by atoms with Crippen LogP contribution in [0.2, 0.25) is 0 Å². The van der Waals surface area contributed by atoms with Crippen LogP contribution in [0.3, 0.4) is 0 Å². The summed E-state index contributed by atoms with van der Waals surface area (Å²) in [6, 6.07) is 8.39. The van der Waals surface area contributed by atoms with Gasteiger partial charge in [0.15, 0.2) is 0 Å². The SMILES string of the molecule is CC(Cc1ccccc1Br)NC(=O)C1CC12CCNCC2. The largest absolute Gasteiger partial charge is 0.353 e. The van der Waals surface area contributed by atoms with Gasteiger partial charge in [-0.25, -0.2) is 0 Å². The maximum atomic E-state index is 12.4. The van der Waals surface area contributed by atoms with Gasteiger partial charge in [0.25, 0.3) is 0 Å². The lowest BCUT2D eigenvalue weighted by atomic mass is 9.91. The summed E-state index contributed by atoms with van der Waals surface area (Å²) in [5.74, 6) is 0.512. The monoisotopic (exact) mass is 350 g/mol. The average Bonchev–Trinajstić information content (AvgIpc) is 3.16. The molecule has 21 heavy (non-hydrogen) atoms. The molecule has 1 saturated carbocycles. The van der Waals surface area contributed by atoms with E-state index in [9.17, 15) is 4.79 Å². The second-order valence-corrected chi connectivity index (χ2v) is 7.43. The van der Waals surface area contributed by atoms with Crippen molar-refractivity contribution in [2.24, 2.45) is 11.3 Å². The van der Waals surface area contributed by atoms with E-state index >= 15 is 0 Å². The number of rotatable bonds is 4. The number of carbonyl (C=O) groups is 1. The molecule has 4 heteroatoms. The van der Waals surface area contributed by atoms with E-state index in [0.29, 0.717) is 5.41 Å². The lowest BCUT2D eigenvalue weighted by Gasteiger charge is -2.23. The predicted molar refractivity (Wildman–Crippen MR) is 88.1 cm³/mol. The Bertz CT molecular complexity index is 525. The minimum Gasteiger partial charge on any atom is -0.353 e. The minimum absolute atomic E-state index is 0.176. The van der Waals surface area contributed by atoms with E-state index in [-0.39, 0.29) is 17.9 Å². The summed E-state index contributed by atoms with van der Waals surface area (Å²) in [7, 11) is 0. The number of hydrogen-bond acceptors (Lipinski definition) is 2. The lowest BCUT2D eigenvalue weighted by Crippen LogP contribution is -2.38. The van der Waals surface area contributed by atoms with Crippen LogP contribution < -0.4 is 10.6 Å². The van der Waals surface area contributed by atoms with Crippen molar-refractivity contribution in [1.29, 1.82) is 0 Å². The molecule has 3 rings (SSSR count). The van der Waals surface area contributed by atoms with E-state index in [4.69, 9.17) is 0 Å². The molecule has 0 radical (unpaired) electrons. The summed E-state index contributed by atoms with van der Waals surface area (Å²) < 4.78 is 1.12. The van der Waals surface area contributed by atoms with E-state index < -0.39 is 0 Å². The van der Waals surface area contributed by atoms with Gasteiger partial charge in [-0.3, -0.25) is 4.79 Å². The highest BCUT2D eigenvalue weighted by Crippen LogP contribution is 2.58. The number of halogens is 1. The first-order valence-electron chi connectivity index (χ1n) is 7.85. The topological polar surface area (TPSA) is 41.1 Å². The van der Waals surface area contributed by atoms with E-state index in [2.05, 4.69) is 45.6 Å². The Balaban J connectivity index is 1.52. The molecule has 1 aromatic rings. The Morgan fingerprint density at radius 2 is 2.14 bits per heavy atom. The lowest BCUT2D eigenvalue weighted by molar-refractivity contribution is -0.123. The van der Waals surface area contributed by atoms with E-state index in [1.165, 1.54) is 5.56 Å². The normalized spacial score (nSPS) is 24.6. The van der Waals surface area contributed by atoms with Gasteiger partial charge in [-0.15, -0.1) is 0 Å². The molecule has 2 aliphatic rings. The third kappa shape index (κ3) is 3.32. The highest BCUT2D eigenvalue weighted by atomic mass is 79.9. The second kappa shape index (κ2) is 6.09. The van der Waals surface area contributed by atoms with Crippen molar-refractivity contribution in [2.75, 3.05) is 13.1 Å². The van der Waals surface area contributed by atoms with Crippen LogP contribution in [0.15, 0.2) is 28.7 Å². The standard InChI is InChI=1S/C17H23BrN2O/c1-12(10-13-4-2-3-5-15(13)18)20-16(21)14-11-17(14)6-8-19-9-7-17/h2-5,12,14,19H,6-11H2,1H3,(H,20,21). The van der Waals surface area contributed by atoms with Gasteiger partial charge in [-0.2, -0.15) is 0 Å². The van der Waals surface area contributed by atoms with Crippen LogP contribution in [0, 0.1) is 11.3 Å². The summed E-state index contributed by atoms with van der Waals surface area (Å²) >= 11 is 3.57. The third-order valence-electron chi connectivity index (χ3n) is 4.98. The zero-order valence-electron chi connectivity index (χ0n) is 12.5. The average molecular weight is 351 g/mol. The summed E-state index contributed by atoms with van der Waals surface area (Å²) in [5, 5.41) is 6.59. The molecule has 114 valence electrons. The molecule has 1 spiro atoms. The van der Waals surface area contributed by atoms with Crippen LogP contribution in [0.1, 0.15) is 31.7 Å². The van der Waals surface area contributed by atoms with Crippen molar-refractivity contribution in [3.05, 3.63) is 34.3 Å². The fourth-order valence-electron chi connectivity index (χ4n) is 3.58. The molecule has 1 aliphatic carbocycles. The molecule has 0 aromatic heterocycles. The number of benzene rings is 1. The number of piperidine rings is 1. The summed E-state index contributed by atoms with van der Waals surface area (Å²) in [6.45, 7) is 4.22. The summed E-state index contributed by atoms with van der Waals surface area (Å²) in [4.78, 5) is 12.4. The maximum Gasteiger partial charge on any atom is 0.223 e. The Morgan fingerprint density at radius 1 is 1.43 bits per heavy atom. The van der Waals surface area contributed by atoms with Gasteiger partial charge in [0.2, 0.25) is 5.91 Å². The van der Waals surface area contributed by atoms with Gasteiger partial charge < -0.3 is 10.6 Å². The fourth-order valence-corrected chi connectivity index (χ4v) is 4.03. The molecule has 2 atom stereocenters. The first-order valence-corrected chi connectivity index (χ1v) is 8.64. The van der Waals surface area contributed by atoms with Crippen LogP contribution in [0.5, 0.6) is 0 Å². The van der Waals surface area contributed by atoms with Gasteiger partial charge in [-0.1, -0.05) is 34.1 Å². The second-order valence-electron chi connectivity index (χ2n) is 6.57. The first-order chi connectivity index (χ1) is 10.1. The Kier molecular flexibility index (Phi) is 4.36. The third-order valence-corrected chi connectivity index (χ3v) is 5.75. The molecule has 1 amide bonds. The molecule has 0 bridgehead atoms. The van der Waals surface area contributed by atoms with Crippen molar-refractivity contribution in [2.45, 2.75) is 38.6 Å². The van der Waals surface area contributed by atoms with Crippen molar-refractivity contribution < 1.29 is 4.79 Å². The van der Waals surface area contributed by atoms with Gasteiger partial charge in [0.1, 0.15) is 0 Å². The highest BCUT2D eigenvalue weighted by molar-refractivity contribution is 9.10. The van der Waals surface area contributed by atoms with E-state index in [1.54, 1.807) is 0 Å². The number of hydrogen-bond donors (Lipinski definition) is 2.